The van der Waals surface area contributed by atoms with E-state index >= 15 is 0 Å². The minimum absolute atomic E-state index is 0.199. The summed E-state index contributed by atoms with van der Waals surface area (Å²) in [6.07, 6.45) is 3.74. The summed E-state index contributed by atoms with van der Waals surface area (Å²) in [6, 6.07) is 0. The second kappa shape index (κ2) is 2.64. The van der Waals surface area contributed by atoms with Crippen LogP contribution < -0.4 is 0 Å². The minimum Gasteiger partial charge on any atom is -0.261 e. The standard InChI is InChI=1S/C7H3ClFN3/c8-7-4-1-10-2-5(9)6(4)11-3-12-7/h1-3H. The van der Waals surface area contributed by atoms with Gasteiger partial charge in [0.1, 0.15) is 17.0 Å². The highest BCUT2D eigenvalue weighted by atomic mass is 35.5. The van der Waals surface area contributed by atoms with Gasteiger partial charge in [-0.2, -0.15) is 0 Å². The van der Waals surface area contributed by atoms with E-state index in [0.29, 0.717) is 5.39 Å². The molecular formula is C7H3ClFN3. The van der Waals surface area contributed by atoms with Crippen molar-refractivity contribution in [1.82, 2.24) is 15.0 Å². The lowest BCUT2D eigenvalue weighted by Crippen LogP contribution is -1.88. The van der Waals surface area contributed by atoms with E-state index in [1.807, 2.05) is 0 Å². The Bertz CT molecular complexity index is 391. The first-order valence-corrected chi connectivity index (χ1v) is 3.56. The zero-order valence-electron chi connectivity index (χ0n) is 5.83. The van der Waals surface area contributed by atoms with Crippen LogP contribution in [0.2, 0.25) is 5.15 Å². The number of fused-ring (bicyclic) bond motifs is 1. The third-order valence-electron chi connectivity index (χ3n) is 1.45. The number of halogens is 2. The van der Waals surface area contributed by atoms with Crippen LogP contribution in [0.15, 0.2) is 18.7 Å². The minimum atomic E-state index is -0.489. The van der Waals surface area contributed by atoms with Gasteiger partial charge in [-0.3, -0.25) is 4.98 Å². The molecule has 2 heterocycles. The molecule has 5 heteroatoms. The lowest BCUT2D eigenvalue weighted by atomic mass is 10.3. The number of hydrogen-bond acceptors (Lipinski definition) is 3. The quantitative estimate of drug-likeness (QED) is 0.585. The van der Waals surface area contributed by atoms with E-state index in [0.717, 1.165) is 6.20 Å². The van der Waals surface area contributed by atoms with E-state index < -0.39 is 5.82 Å². The molecule has 0 saturated heterocycles. The summed E-state index contributed by atoms with van der Waals surface area (Å²) >= 11 is 5.67. The van der Waals surface area contributed by atoms with Crippen LogP contribution in [0.3, 0.4) is 0 Å². The first kappa shape index (κ1) is 7.36. The number of aromatic nitrogens is 3. The molecule has 0 aromatic carbocycles. The average molecular weight is 184 g/mol. The summed E-state index contributed by atoms with van der Waals surface area (Å²) in [5.41, 5.74) is 0.199. The van der Waals surface area contributed by atoms with Gasteiger partial charge >= 0.3 is 0 Å². The fourth-order valence-corrected chi connectivity index (χ4v) is 1.10. The molecule has 2 rings (SSSR count). The van der Waals surface area contributed by atoms with Gasteiger partial charge in [-0.25, -0.2) is 14.4 Å². The normalized spacial score (nSPS) is 10.5. The van der Waals surface area contributed by atoms with Crippen LogP contribution in [0.5, 0.6) is 0 Å². The maximum atomic E-state index is 13.0. The predicted molar refractivity (Wildman–Crippen MR) is 42.3 cm³/mol. The first-order valence-electron chi connectivity index (χ1n) is 3.19. The second-order valence-corrected chi connectivity index (χ2v) is 2.54. The van der Waals surface area contributed by atoms with Crippen molar-refractivity contribution >= 4 is 22.5 Å². The van der Waals surface area contributed by atoms with Crippen LogP contribution in [0.25, 0.3) is 10.9 Å². The van der Waals surface area contributed by atoms with Gasteiger partial charge in [-0.05, 0) is 0 Å². The highest BCUT2D eigenvalue weighted by Gasteiger charge is 2.04. The lowest BCUT2D eigenvalue weighted by molar-refractivity contribution is 0.630. The molecule has 0 aliphatic heterocycles. The summed E-state index contributed by atoms with van der Waals surface area (Å²) in [5.74, 6) is -0.489. The van der Waals surface area contributed by atoms with Crippen LogP contribution in [0, 0.1) is 5.82 Å². The highest BCUT2D eigenvalue weighted by molar-refractivity contribution is 6.33. The number of nitrogens with zero attached hydrogens (tertiary/aromatic N) is 3. The molecule has 0 unspecified atom stereocenters. The molecule has 2 aromatic heterocycles. The average Bonchev–Trinajstić information content (AvgIpc) is 2.07. The van der Waals surface area contributed by atoms with E-state index in [9.17, 15) is 4.39 Å². The summed E-state index contributed by atoms with van der Waals surface area (Å²) < 4.78 is 13.0. The Labute approximate surface area is 72.2 Å². The predicted octanol–water partition coefficient (Wildman–Crippen LogP) is 1.82. The SMILES string of the molecule is Fc1cncc2c(Cl)ncnc12. The molecule has 0 fully saturated rings. The van der Waals surface area contributed by atoms with Crippen molar-refractivity contribution in [2.45, 2.75) is 0 Å². The molecule has 0 atom stereocenters. The lowest BCUT2D eigenvalue weighted by Gasteiger charge is -1.97. The Morgan fingerprint density at radius 2 is 2.08 bits per heavy atom. The molecule has 12 heavy (non-hydrogen) atoms. The van der Waals surface area contributed by atoms with Gasteiger partial charge in [0, 0.05) is 6.20 Å². The zero-order valence-corrected chi connectivity index (χ0v) is 6.59. The molecule has 0 spiro atoms. The van der Waals surface area contributed by atoms with Crippen molar-refractivity contribution in [2.24, 2.45) is 0 Å². The molecule has 0 amide bonds. The summed E-state index contributed by atoms with van der Waals surface area (Å²) in [7, 11) is 0. The Balaban J connectivity index is 2.94. The van der Waals surface area contributed by atoms with E-state index in [1.165, 1.54) is 12.5 Å². The molecule has 60 valence electrons. The maximum Gasteiger partial charge on any atom is 0.167 e. The van der Waals surface area contributed by atoms with Crippen LogP contribution in [-0.4, -0.2) is 15.0 Å². The molecule has 0 saturated carbocycles. The topological polar surface area (TPSA) is 38.7 Å². The van der Waals surface area contributed by atoms with Gasteiger partial charge in [0.15, 0.2) is 5.82 Å². The van der Waals surface area contributed by atoms with E-state index in [4.69, 9.17) is 11.6 Å². The van der Waals surface area contributed by atoms with Gasteiger partial charge in [-0.15, -0.1) is 0 Å². The smallest absolute Gasteiger partial charge is 0.167 e. The van der Waals surface area contributed by atoms with Crippen molar-refractivity contribution < 1.29 is 4.39 Å². The van der Waals surface area contributed by atoms with Gasteiger partial charge in [0.05, 0.1) is 11.6 Å². The van der Waals surface area contributed by atoms with E-state index in [2.05, 4.69) is 15.0 Å². The Morgan fingerprint density at radius 1 is 1.25 bits per heavy atom. The molecule has 3 nitrogen and oxygen atoms in total. The molecule has 0 aliphatic rings. The Hall–Kier alpha value is -1.29. The first-order chi connectivity index (χ1) is 5.79. The summed E-state index contributed by atoms with van der Waals surface area (Å²) in [4.78, 5) is 11.1. The fourth-order valence-electron chi connectivity index (χ4n) is 0.917. The van der Waals surface area contributed by atoms with E-state index in [-0.39, 0.29) is 10.7 Å². The fraction of sp³-hybridized carbons (Fsp3) is 0. The van der Waals surface area contributed by atoms with Crippen LogP contribution >= 0.6 is 11.6 Å². The molecule has 0 bridgehead atoms. The largest absolute Gasteiger partial charge is 0.261 e. The Morgan fingerprint density at radius 3 is 2.83 bits per heavy atom. The molecule has 0 radical (unpaired) electrons. The van der Waals surface area contributed by atoms with Gasteiger partial charge in [0.2, 0.25) is 0 Å². The molecular weight excluding hydrogens is 181 g/mol. The third kappa shape index (κ3) is 1.00. The summed E-state index contributed by atoms with van der Waals surface area (Å²) in [5, 5.41) is 0.645. The van der Waals surface area contributed by atoms with Crippen molar-refractivity contribution in [1.29, 1.82) is 0 Å². The van der Waals surface area contributed by atoms with Gasteiger partial charge < -0.3 is 0 Å². The van der Waals surface area contributed by atoms with Crippen molar-refractivity contribution in [3.63, 3.8) is 0 Å². The highest BCUT2D eigenvalue weighted by Crippen LogP contribution is 2.19. The second-order valence-electron chi connectivity index (χ2n) is 2.18. The number of hydrogen-bond donors (Lipinski definition) is 0. The molecule has 0 N–H and O–H groups in total. The van der Waals surface area contributed by atoms with Crippen LogP contribution in [-0.2, 0) is 0 Å². The van der Waals surface area contributed by atoms with Gasteiger partial charge in [0.25, 0.3) is 0 Å². The van der Waals surface area contributed by atoms with Crippen molar-refractivity contribution in [3.8, 4) is 0 Å². The van der Waals surface area contributed by atoms with Gasteiger partial charge in [-0.1, -0.05) is 11.6 Å². The Kier molecular flexibility index (Phi) is 1.62. The van der Waals surface area contributed by atoms with Crippen molar-refractivity contribution in [3.05, 3.63) is 29.7 Å². The molecule has 0 aliphatic carbocycles. The molecule has 2 aromatic rings. The van der Waals surface area contributed by atoms with Crippen molar-refractivity contribution in [2.75, 3.05) is 0 Å². The number of rotatable bonds is 0. The maximum absolute atomic E-state index is 13.0. The monoisotopic (exact) mass is 183 g/mol. The van der Waals surface area contributed by atoms with E-state index in [1.54, 1.807) is 0 Å². The zero-order chi connectivity index (χ0) is 8.55. The van der Waals surface area contributed by atoms with Crippen LogP contribution in [0.4, 0.5) is 4.39 Å². The summed E-state index contributed by atoms with van der Waals surface area (Å²) in [6.45, 7) is 0. The van der Waals surface area contributed by atoms with Crippen LogP contribution in [0.1, 0.15) is 0 Å². The number of pyridine rings is 1. The third-order valence-corrected chi connectivity index (χ3v) is 1.75.